The molecule has 1 aliphatic rings. The molecule has 1 aromatic rings. The first-order valence-corrected chi connectivity index (χ1v) is 6.68. The number of rotatable bonds is 2. The molecular weight excluding hydrogens is 242 g/mol. The summed E-state index contributed by atoms with van der Waals surface area (Å²) in [5, 5.41) is 0. The lowest BCUT2D eigenvalue weighted by molar-refractivity contribution is 0.0515. The molecule has 6 heteroatoms. The molecule has 0 saturated heterocycles. The summed E-state index contributed by atoms with van der Waals surface area (Å²) in [6.45, 7) is 3.50. The van der Waals surface area contributed by atoms with Gasteiger partial charge in [0.05, 0.1) is 17.2 Å². The SMILES string of the molecule is CCOC(=O)c1cc2c(n1C)C=C(C)S2(=O)=O. The molecule has 1 aliphatic heterocycles. The lowest BCUT2D eigenvalue weighted by Crippen LogP contribution is -2.10. The molecule has 0 spiro atoms. The Balaban J connectivity index is 2.58. The van der Waals surface area contributed by atoms with Gasteiger partial charge in [0.15, 0.2) is 0 Å². The summed E-state index contributed by atoms with van der Waals surface area (Å²) in [4.78, 5) is 12.1. The molecule has 2 heterocycles. The number of carbonyl (C=O) groups is 1. The van der Waals surface area contributed by atoms with Crippen LogP contribution in [-0.2, 0) is 21.6 Å². The quantitative estimate of drug-likeness (QED) is 0.748. The Morgan fingerprint density at radius 3 is 2.65 bits per heavy atom. The van der Waals surface area contributed by atoms with Gasteiger partial charge in [-0.05, 0) is 26.0 Å². The molecule has 0 aliphatic carbocycles. The van der Waals surface area contributed by atoms with E-state index in [0.29, 0.717) is 10.6 Å². The second kappa shape index (κ2) is 3.73. The Bertz CT molecular complexity index is 622. The molecule has 0 aromatic carbocycles. The summed E-state index contributed by atoms with van der Waals surface area (Å²) in [5.74, 6) is -0.509. The second-order valence-electron chi connectivity index (χ2n) is 3.82. The molecule has 2 rings (SSSR count). The maximum absolute atomic E-state index is 11.9. The first-order valence-electron chi connectivity index (χ1n) is 5.19. The van der Waals surface area contributed by atoms with Crippen molar-refractivity contribution in [3.05, 3.63) is 22.4 Å². The Morgan fingerprint density at radius 2 is 2.12 bits per heavy atom. The number of allylic oxidation sites excluding steroid dienone is 1. The highest BCUT2D eigenvalue weighted by Crippen LogP contribution is 2.34. The summed E-state index contributed by atoms with van der Waals surface area (Å²) in [6.07, 6.45) is 1.56. The number of fused-ring (bicyclic) bond motifs is 1. The van der Waals surface area contributed by atoms with Crippen molar-refractivity contribution in [2.45, 2.75) is 18.7 Å². The minimum Gasteiger partial charge on any atom is -0.461 e. The van der Waals surface area contributed by atoms with E-state index in [1.54, 1.807) is 31.5 Å². The van der Waals surface area contributed by atoms with E-state index in [2.05, 4.69) is 0 Å². The van der Waals surface area contributed by atoms with E-state index in [1.807, 2.05) is 0 Å². The third-order valence-electron chi connectivity index (χ3n) is 2.78. The van der Waals surface area contributed by atoms with Crippen molar-refractivity contribution < 1.29 is 17.9 Å². The third-order valence-corrected chi connectivity index (χ3v) is 4.65. The highest BCUT2D eigenvalue weighted by molar-refractivity contribution is 7.95. The van der Waals surface area contributed by atoms with E-state index >= 15 is 0 Å². The monoisotopic (exact) mass is 255 g/mol. The van der Waals surface area contributed by atoms with Gasteiger partial charge in [0.2, 0.25) is 9.84 Å². The summed E-state index contributed by atoms with van der Waals surface area (Å²) in [5.41, 5.74) is 0.787. The second-order valence-corrected chi connectivity index (χ2v) is 5.91. The lowest BCUT2D eigenvalue weighted by Gasteiger charge is -2.03. The van der Waals surface area contributed by atoms with E-state index in [0.717, 1.165) is 0 Å². The lowest BCUT2D eigenvalue weighted by atomic mass is 10.4. The number of esters is 1. The topological polar surface area (TPSA) is 65.4 Å². The minimum atomic E-state index is -3.40. The summed E-state index contributed by atoms with van der Waals surface area (Å²) < 4.78 is 30.2. The van der Waals surface area contributed by atoms with Gasteiger partial charge < -0.3 is 9.30 Å². The Morgan fingerprint density at radius 1 is 1.47 bits per heavy atom. The van der Waals surface area contributed by atoms with Gasteiger partial charge in [0.25, 0.3) is 0 Å². The molecule has 0 radical (unpaired) electrons. The van der Waals surface area contributed by atoms with Crippen molar-refractivity contribution in [2.75, 3.05) is 6.61 Å². The first kappa shape index (κ1) is 11.9. The predicted molar refractivity (Wildman–Crippen MR) is 62.2 cm³/mol. The van der Waals surface area contributed by atoms with Gasteiger partial charge in [-0.15, -0.1) is 0 Å². The summed E-state index contributed by atoms with van der Waals surface area (Å²) in [6, 6.07) is 1.37. The van der Waals surface area contributed by atoms with Crippen LogP contribution in [0.3, 0.4) is 0 Å². The molecule has 0 fully saturated rings. The Labute approximate surface area is 99.6 Å². The van der Waals surface area contributed by atoms with Gasteiger partial charge in [0, 0.05) is 12.0 Å². The zero-order chi connectivity index (χ0) is 12.8. The number of hydrogen-bond donors (Lipinski definition) is 0. The van der Waals surface area contributed by atoms with Gasteiger partial charge in [-0.2, -0.15) is 0 Å². The third kappa shape index (κ3) is 1.59. The predicted octanol–water partition coefficient (Wildman–Crippen LogP) is 1.35. The van der Waals surface area contributed by atoms with Crippen LogP contribution in [0.25, 0.3) is 6.08 Å². The van der Waals surface area contributed by atoms with Crippen molar-refractivity contribution in [3.63, 3.8) is 0 Å². The van der Waals surface area contributed by atoms with E-state index in [9.17, 15) is 13.2 Å². The molecule has 0 N–H and O–H groups in total. The van der Waals surface area contributed by atoms with Crippen LogP contribution in [0, 0.1) is 0 Å². The zero-order valence-electron chi connectivity index (χ0n) is 9.85. The Hall–Kier alpha value is -1.56. The molecule has 1 aromatic heterocycles. The first-order chi connectivity index (χ1) is 7.89. The number of aromatic nitrogens is 1. The normalized spacial score (nSPS) is 16.5. The highest BCUT2D eigenvalue weighted by Gasteiger charge is 2.32. The Kier molecular flexibility index (Phi) is 2.61. The van der Waals surface area contributed by atoms with Gasteiger partial charge in [-0.3, -0.25) is 0 Å². The van der Waals surface area contributed by atoms with Crippen molar-refractivity contribution in [1.29, 1.82) is 0 Å². The van der Waals surface area contributed by atoms with Crippen LogP contribution >= 0.6 is 0 Å². The van der Waals surface area contributed by atoms with E-state index in [1.165, 1.54) is 6.07 Å². The maximum atomic E-state index is 11.9. The number of nitrogens with zero attached hydrogens (tertiary/aromatic N) is 1. The molecule has 0 unspecified atom stereocenters. The van der Waals surface area contributed by atoms with Crippen molar-refractivity contribution in [2.24, 2.45) is 7.05 Å². The number of sulfone groups is 1. The average Bonchev–Trinajstić information content (AvgIpc) is 2.67. The molecule has 0 amide bonds. The maximum Gasteiger partial charge on any atom is 0.354 e. The van der Waals surface area contributed by atoms with Gasteiger partial charge in [-0.1, -0.05) is 0 Å². The average molecular weight is 255 g/mol. The van der Waals surface area contributed by atoms with Crippen molar-refractivity contribution in [1.82, 2.24) is 4.57 Å². The molecule has 0 bridgehead atoms. The van der Waals surface area contributed by atoms with Gasteiger partial charge >= 0.3 is 5.97 Å². The van der Waals surface area contributed by atoms with Crippen LogP contribution in [0.1, 0.15) is 30.0 Å². The summed E-state index contributed by atoms with van der Waals surface area (Å²) in [7, 11) is -1.75. The van der Waals surface area contributed by atoms with Crippen LogP contribution in [0.4, 0.5) is 0 Å². The van der Waals surface area contributed by atoms with E-state index in [4.69, 9.17) is 4.74 Å². The number of ether oxygens (including phenoxy) is 1. The standard InChI is InChI=1S/C11H13NO4S/c1-4-16-11(13)9-6-10-8(12(9)3)5-7(2)17(10,14)15/h5-6H,4H2,1-3H3. The smallest absolute Gasteiger partial charge is 0.354 e. The number of hydrogen-bond acceptors (Lipinski definition) is 4. The molecule has 0 saturated carbocycles. The fourth-order valence-corrected chi connectivity index (χ4v) is 3.17. The zero-order valence-corrected chi connectivity index (χ0v) is 10.7. The van der Waals surface area contributed by atoms with Gasteiger partial charge in [-0.25, -0.2) is 13.2 Å². The van der Waals surface area contributed by atoms with E-state index in [-0.39, 0.29) is 17.2 Å². The van der Waals surface area contributed by atoms with Crippen LogP contribution in [-0.4, -0.2) is 25.6 Å². The van der Waals surface area contributed by atoms with Crippen LogP contribution in [0.15, 0.2) is 15.9 Å². The summed E-state index contributed by atoms with van der Waals surface area (Å²) >= 11 is 0. The molecular formula is C11H13NO4S. The molecule has 5 nitrogen and oxygen atoms in total. The van der Waals surface area contributed by atoms with Crippen molar-refractivity contribution >= 4 is 21.9 Å². The van der Waals surface area contributed by atoms with Crippen molar-refractivity contribution in [3.8, 4) is 0 Å². The fourth-order valence-electron chi connectivity index (χ4n) is 1.82. The largest absolute Gasteiger partial charge is 0.461 e. The minimum absolute atomic E-state index is 0.181. The highest BCUT2D eigenvalue weighted by atomic mass is 32.2. The molecule has 0 atom stereocenters. The molecule has 92 valence electrons. The van der Waals surface area contributed by atoms with Gasteiger partial charge in [0.1, 0.15) is 5.69 Å². The fraction of sp³-hybridized carbons (Fsp3) is 0.364. The number of carbonyl (C=O) groups excluding carboxylic acids is 1. The van der Waals surface area contributed by atoms with Crippen LogP contribution < -0.4 is 0 Å². The van der Waals surface area contributed by atoms with Crippen LogP contribution in [0.5, 0.6) is 0 Å². The van der Waals surface area contributed by atoms with E-state index < -0.39 is 15.8 Å². The molecule has 17 heavy (non-hydrogen) atoms. The van der Waals surface area contributed by atoms with Crippen LogP contribution in [0.2, 0.25) is 0 Å².